The molecule has 0 spiro atoms. The molecule has 11 rings (SSSR count). The van der Waals surface area contributed by atoms with E-state index in [1.54, 1.807) is 0 Å². The van der Waals surface area contributed by atoms with Crippen LogP contribution in [-0.2, 0) is 0 Å². The van der Waals surface area contributed by atoms with Gasteiger partial charge in [-0.1, -0.05) is 133 Å². The van der Waals surface area contributed by atoms with Gasteiger partial charge in [0, 0.05) is 53.4 Å². The molecule has 55 heavy (non-hydrogen) atoms. The second-order valence-corrected chi connectivity index (χ2v) is 15.2. The lowest BCUT2D eigenvalue weighted by Crippen LogP contribution is -2.10. The Morgan fingerprint density at radius 3 is 1.60 bits per heavy atom. The molecule has 2 heterocycles. The number of hydrogen-bond donors (Lipinski definition) is 0. The second kappa shape index (κ2) is 12.9. The Morgan fingerprint density at radius 1 is 0.327 bits per heavy atom. The van der Waals surface area contributed by atoms with Crippen LogP contribution in [0.25, 0.3) is 86.3 Å². The third-order valence-electron chi connectivity index (χ3n) is 10.9. The fourth-order valence-corrected chi connectivity index (χ4v) is 9.31. The molecule has 0 bridgehead atoms. The molecule has 0 fully saturated rings. The summed E-state index contributed by atoms with van der Waals surface area (Å²) in [6, 6.07) is 72.1. The van der Waals surface area contributed by atoms with E-state index in [4.69, 9.17) is 4.42 Å². The third-order valence-corrected chi connectivity index (χ3v) is 12.0. The zero-order valence-corrected chi connectivity index (χ0v) is 30.6. The van der Waals surface area contributed by atoms with Crippen LogP contribution in [0.4, 0.5) is 17.1 Å². The minimum absolute atomic E-state index is 0.924. The Labute approximate surface area is 322 Å². The van der Waals surface area contributed by atoms with Gasteiger partial charge in [0.05, 0.1) is 0 Å². The van der Waals surface area contributed by atoms with Crippen LogP contribution in [0.1, 0.15) is 0 Å². The van der Waals surface area contributed by atoms with Crippen molar-refractivity contribution >= 4 is 81.3 Å². The van der Waals surface area contributed by atoms with Gasteiger partial charge in [-0.05, 0) is 105 Å². The zero-order valence-electron chi connectivity index (χ0n) is 29.8. The molecule has 3 heteroatoms. The highest BCUT2D eigenvalue weighted by molar-refractivity contribution is 7.26. The number of anilines is 3. The van der Waals surface area contributed by atoms with E-state index in [9.17, 15) is 0 Å². The number of hydrogen-bond acceptors (Lipinski definition) is 3. The van der Waals surface area contributed by atoms with E-state index < -0.39 is 0 Å². The SMILES string of the molecule is c1ccc(-c2ccc(N(c3ccc(-c4ccccc4)cc3)c3cccc(-c4ccc5sc6ccc7ccc8oc9ccccc9c8c7c6c5c4)c3)cc2)cc1. The zero-order chi connectivity index (χ0) is 36.3. The van der Waals surface area contributed by atoms with Crippen molar-refractivity contribution in [3.63, 3.8) is 0 Å². The maximum Gasteiger partial charge on any atom is 0.136 e. The van der Waals surface area contributed by atoms with Crippen LogP contribution < -0.4 is 4.90 Å². The fraction of sp³-hybridized carbons (Fsp3) is 0. The first-order valence-corrected chi connectivity index (χ1v) is 19.5. The molecular weight excluding hydrogens is 687 g/mol. The molecule has 0 aliphatic heterocycles. The lowest BCUT2D eigenvalue weighted by Gasteiger charge is -2.26. The smallest absolute Gasteiger partial charge is 0.136 e. The van der Waals surface area contributed by atoms with Crippen molar-refractivity contribution in [2.24, 2.45) is 0 Å². The molecule has 2 aromatic heterocycles. The van der Waals surface area contributed by atoms with E-state index in [1.807, 2.05) is 17.4 Å². The van der Waals surface area contributed by atoms with Gasteiger partial charge < -0.3 is 9.32 Å². The van der Waals surface area contributed by atoms with Crippen molar-refractivity contribution in [1.29, 1.82) is 0 Å². The Bertz CT molecular complexity index is 3090. The van der Waals surface area contributed by atoms with Crippen LogP contribution in [0.2, 0.25) is 0 Å². The van der Waals surface area contributed by atoms with Crippen LogP contribution >= 0.6 is 11.3 Å². The van der Waals surface area contributed by atoms with Gasteiger partial charge in [-0.15, -0.1) is 11.3 Å². The number of thiophene rings is 1. The van der Waals surface area contributed by atoms with Gasteiger partial charge in [0.25, 0.3) is 0 Å². The summed E-state index contributed by atoms with van der Waals surface area (Å²) in [5.74, 6) is 0. The number of nitrogens with zero attached hydrogens (tertiary/aromatic N) is 1. The summed E-state index contributed by atoms with van der Waals surface area (Å²) in [5.41, 5.74) is 12.3. The Morgan fingerprint density at radius 2 is 0.891 bits per heavy atom. The molecule has 0 aliphatic carbocycles. The van der Waals surface area contributed by atoms with Gasteiger partial charge in [-0.25, -0.2) is 0 Å². The topological polar surface area (TPSA) is 16.4 Å². The molecular formula is C52H33NOS. The summed E-state index contributed by atoms with van der Waals surface area (Å²) in [6.45, 7) is 0. The van der Waals surface area contributed by atoms with Crippen molar-refractivity contribution in [3.8, 4) is 33.4 Å². The second-order valence-electron chi connectivity index (χ2n) is 14.1. The largest absolute Gasteiger partial charge is 0.456 e. The van der Waals surface area contributed by atoms with Crippen LogP contribution in [0.5, 0.6) is 0 Å². The maximum atomic E-state index is 6.36. The average molecular weight is 720 g/mol. The summed E-state index contributed by atoms with van der Waals surface area (Å²) in [7, 11) is 0. The molecule has 9 aromatic carbocycles. The molecule has 0 unspecified atom stereocenters. The van der Waals surface area contributed by atoms with Crippen molar-refractivity contribution in [1.82, 2.24) is 0 Å². The van der Waals surface area contributed by atoms with Crippen molar-refractivity contribution in [3.05, 3.63) is 200 Å². The summed E-state index contributed by atoms with van der Waals surface area (Å²) < 4.78 is 8.93. The van der Waals surface area contributed by atoms with Gasteiger partial charge in [0.1, 0.15) is 11.2 Å². The summed E-state index contributed by atoms with van der Waals surface area (Å²) >= 11 is 1.86. The number of para-hydroxylation sites is 1. The molecule has 2 nitrogen and oxygen atoms in total. The lowest BCUT2D eigenvalue weighted by atomic mass is 9.97. The monoisotopic (exact) mass is 719 g/mol. The first-order chi connectivity index (χ1) is 27.2. The minimum atomic E-state index is 0.924. The van der Waals surface area contributed by atoms with E-state index in [1.165, 1.54) is 69.7 Å². The summed E-state index contributed by atoms with van der Waals surface area (Å²) in [6.07, 6.45) is 0. The molecule has 258 valence electrons. The van der Waals surface area contributed by atoms with Crippen molar-refractivity contribution in [2.75, 3.05) is 4.90 Å². The molecule has 0 atom stereocenters. The van der Waals surface area contributed by atoms with Crippen LogP contribution in [0.15, 0.2) is 205 Å². The number of fused-ring (bicyclic) bond motifs is 9. The van der Waals surface area contributed by atoms with Crippen molar-refractivity contribution < 1.29 is 4.42 Å². The van der Waals surface area contributed by atoms with Crippen LogP contribution in [-0.4, -0.2) is 0 Å². The van der Waals surface area contributed by atoms with Crippen molar-refractivity contribution in [2.45, 2.75) is 0 Å². The lowest BCUT2D eigenvalue weighted by molar-refractivity contribution is 0.669. The molecule has 0 amide bonds. The summed E-state index contributed by atoms with van der Waals surface area (Å²) in [5, 5.41) is 7.42. The Hall–Kier alpha value is -6.94. The van der Waals surface area contributed by atoms with E-state index >= 15 is 0 Å². The Kier molecular flexibility index (Phi) is 7.39. The third kappa shape index (κ3) is 5.40. The standard InChI is InChI=1S/C52H33NOS/c1-3-10-34(11-4-1)36-18-25-41(26-19-36)53(42-27-20-37(21-28-42)35-12-5-2-6-13-35)43-15-9-14-39(32-43)40-24-30-48-45(33-40)52-49(55-48)31-23-38-22-29-47-51(50(38)52)44-16-7-8-17-46(44)54-47/h1-33H. The molecule has 11 aromatic rings. The minimum Gasteiger partial charge on any atom is -0.456 e. The first-order valence-electron chi connectivity index (χ1n) is 18.7. The molecule has 0 aliphatic rings. The van der Waals surface area contributed by atoms with Gasteiger partial charge in [0.2, 0.25) is 0 Å². The van der Waals surface area contributed by atoms with Gasteiger partial charge in [-0.2, -0.15) is 0 Å². The van der Waals surface area contributed by atoms with Crippen LogP contribution in [0, 0.1) is 0 Å². The molecule has 0 radical (unpaired) electrons. The summed E-state index contributed by atoms with van der Waals surface area (Å²) in [4.78, 5) is 2.36. The quantitative estimate of drug-likeness (QED) is 0.170. The van der Waals surface area contributed by atoms with E-state index in [0.717, 1.165) is 33.6 Å². The highest BCUT2D eigenvalue weighted by atomic mass is 32.1. The maximum absolute atomic E-state index is 6.36. The number of rotatable bonds is 6. The van der Waals surface area contributed by atoms with Gasteiger partial charge in [0.15, 0.2) is 0 Å². The predicted octanol–water partition coefficient (Wildman–Crippen LogP) is 15.6. The normalized spacial score (nSPS) is 11.6. The molecule has 0 saturated carbocycles. The van der Waals surface area contributed by atoms with E-state index in [-0.39, 0.29) is 0 Å². The average Bonchev–Trinajstić information content (AvgIpc) is 3.83. The highest BCUT2D eigenvalue weighted by Crippen LogP contribution is 2.45. The van der Waals surface area contributed by atoms with E-state index in [0.29, 0.717) is 0 Å². The van der Waals surface area contributed by atoms with Gasteiger partial charge in [-0.3, -0.25) is 0 Å². The highest BCUT2D eigenvalue weighted by Gasteiger charge is 2.18. The Balaban J connectivity index is 1.06. The number of furan rings is 1. The molecule has 0 saturated heterocycles. The van der Waals surface area contributed by atoms with Crippen LogP contribution in [0.3, 0.4) is 0 Å². The fourth-order valence-electron chi connectivity index (χ4n) is 8.22. The first kappa shape index (κ1) is 31.6. The van der Waals surface area contributed by atoms with E-state index in [2.05, 4.69) is 199 Å². The predicted molar refractivity (Wildman–Crippen MR) is 235 cm³/mol. The number of benzene rings is 9. The molecule has 0 N–H and O–H groups in total. The van der Waals surface area contributed by atoms with Gasteiger partial charge >= 0.3 is 0 Å².